The normalized spacial score (nSPS) is 11.5. The lowest BCUT2D eigenvalue weighted by Gasteiger charge is -2.25. The van der Waals surface area contributed by atoms with Crippen molar-refractivity contribution in [2.75, 3.05) is 10.2 Å². The molecule has 1 aromatic heterocycles. The first kappa shape index (κ1) is 22.0. The highest BCUT2D eigenvalue weighted by molar-refractivity contribution is 5.70. The average Bonchev–Trinajstić information content (AvgIpc) is 2.85. The van der Waals surface area contributed by atoms with Crippen molar-refractivity contribution in [2.24, 2.45) is 0 Å². The number of anilines is 2. The summed E-state index contributed by atoms with van der Waals surface area (Å²) in [7, 11) is 0. The van der Waals surface area contributed by atoms with E-state index in [9.17, 15) is 10.1 Å². The number of hydrogen-bond donors (Lipinski definition) is 1. The molecule has 0 fully saturated rings. The molecule has 4 aromatic rings. The lowest BCUT2D eigenvalue weighted by molar-refractivity contribution is -0.383. The van der Waals surface area contributed by atoms with E-state index < -0.39 is 4.92 Å². The maximum absolute atomic E-state index is 12.2. The van der Waals surface area contributed by atoms with Crippen molar-refractivity contribution in [3.8, 4) is 0 Å². The molecular weight excluding hydrogens is 414 g/mol. The number of nitro groups is 1. The first-order valence-electron chi connectivity index (χ1n) is 10.8. The van der Waals surface area contributed by atoms with Crippen LogP contribution in [0.4, 0.5) is 17.3 Å². The molecule has 1 heterocycles. The second-order valence-corrected chi connectivity index (χ2v) is 7.76. The third-order valence-electron chi connectivity index (χ3n) is 5.37. The van der Waals surface area contributed by atoms with Crippen LogP contribution in [0.15, 0.2) is 97.3 Å². The number of rotatable bonds is 9. The van der Waals surface area contributed by atoms with E-state index in [0.29, 0.717) is 13.1 Å². The van der Waals surface area contributed by atoms with E-state index in [-0.39, 0.29) is 23.4 Å². The number of benzene rings is 3. The number of aromatic nitrogens is 2. The van der Waals surface area contributed by atoms with Gasteiger partial charge in [0.1, 0.15) is 6.33 Å². The molecule has 0 saturated carbocycles. The van der Waals surface area contributed by atoms with Gasteiger partial charge in [-0.25, -0.2) is 9.97 Å². The Morgan fingerprint density at radius 1 is 0.848 bits per heavy atom. The van der Waals surface area contributed by atoms with Crippen LogP contribution in [0.1, 0.15) is 29.7 Å². The Bertz CT molecular complexity index is 1150. The van der Waals surface area contributed by atoms with Gasteiger partial charge >= 0.3 is 5.69 Å². The summed E-state index contributed by atoms with van der Waals surface area (Å²) >= 11 is 0. The monoisotopic (exact) mass is 439 g/mol. The molecule has 7 nitrogen and oxygen atoms in total. The van der Waals surface area contributed by atoms with E-state index in [1.54, 1.807) is 0 Å². The fourth-order valence-electron chi connectivity index (χ4n) is 3.72. The summed E-state index contributed by atoms with van der Waals surface area (Å²) < 4.78 is 0. The van der Waals surface area contributed by atoms with Gasteiger partial charge in [-0.05, 0) is 23.6 Å². The van der Waals surface area contributed by atoms with Crippen LogP contribution in [0.5, 0.6) is 0 Å². The van der Waals surface area contributed by atoms with Gasteiger partial charge in [0.05, 0.1) is 11.0 Å². The Morgan fingerprint density at radius 2 is 1.36 bits per heavy atom. The summed E-state index contributed by atoms with van der Waals surface area (Å²) in [6.45, 7) is 2.90. The van der Waals surface area contributed by atoms with Crippen molar-refractivity contribution in [3.05, 3.63) is 124 Å². The Hall–Kier alpha value is -4.26. The van der Waals surface area contributed by atoms with Crippen LogP contribution < -0.4 is 10.2 Å². The zero-order chi connectivity index (χ0) is 23.0. The molecule has 0 aliphatic heterocycles. The third-order valence-corrected chi connectivity index (χ3v) is 5.37. The van der Waals surface area contributed by atoms with Gasteiger partial charge in [-0.1, -0.05) is 91.0 Å². The van der Waals surface area contributed by atoms with Crippen LogP contribution in [0.3, 0.4) is 0 Å². The first-order chi connectivity index (χ1) is 16.1. The summed E-state index contributed by atoms with van der Waals surface area (Å²) in [4.78, 5) is 22.3. The SMILES string of the molecule is CC(Nc1ncnc(N(Cc2ccccc2)Cc2ccccc2)c1[N+](=O)[O-])c1ccccc1. The molecule has 0 aliphatic rings. The van der Waals surface area contributed by atoms with Gasteiger partial charge < -0.3 is 10.2 Å². The van der Waals surface area contributed by atoms with Gasteiger partial charge in [-0.3, -0.25) is 10.1 Å². The molecule has 33 heavy (non-hydrogen) atoms. The van der Waals surface area contributed by atoms with Crippen LogP contribution in [0.2, 0.25) is 0 Å². The van der Waals surface area contributed by atoms with Crippen LogP contribution in [-0.2, 0) is 13.1 Å². The smallest absolute Gasteiger partial charge is 0.353 e. The highest BCUT2D eigenvalue weighted by Gasteiger charge is 2.28. The highest BCUT2D eigenvalue weighted by Crippen LogP contribution is 2.35. The van der Waals surface area contributed by atoms with Gasteiger partial charge in [0, 0.05) is 13.1 Å². The minimum atomic E-state index is -0.404. The summed E-state index contributed by atoms with van der Waals surface area (Å²) in [5, 5.41) is 15.4. The molecule has 1 N–H and O–H groups in total. The van der Waals surface area contributed by atoms with E-state index in [1.807, 2.05) is 103 Å². The third kappa shape index (κ3) is 5.51. The molecule has 4 rings (SSSR count). The maximum atomic E-state index is 12.2. The van der Waals surface area contributed by atoms with Gasteiger partial charge in [0.15, 0.2) is 0 Å². The number of nitrogens with zero attached hydrogens (tertiary/aromatic N) is 4. The molecule has 0 aliphatic carbocycles. The van der Waals surface area contributed by atoms with Gasteiger partial charge in [-0.2, -0.15) is 0 Å². The van der Waals surface area contributed by atoms with E-state index >= 15 is 0 Å². The fraction of sp³-hybridized carbons (Fsp3) is 0.154. The molecule has 0 radical (unpaired) electrons. The molecule has 0 spiro atoms. The quantitative estimate of drug-likeness (QED) is 0.263. The van der Waals surface area contributed by atoms with E-state index in [0.717, 1.165) is 16.7 Å². The zero-order valence-corrected chi connectivity index (χ0v) is 18.3. The van der Waals surface area contributed by atoms with Gasteiger partial charge in [0.2, 0.25) is 11.6 Å². The summed E-state index contributed by atoms with van der Waals surface area (Å²) in [6.07, 6.45) is 1.38. The molecule has 0 amide bonds. The fourth-order valence-corrected chi connectivity index (χ4v) is 3.72. The Balaban J connectivity index is 1.72. The summed E-state index contributed by atoms with van der Waals surface area (Å²) in [6, 6.07) is 29.3. The lowest BCUT2D eigenvalue weighted by Crippen LogP contribution is -2.25. The van der Waals surface area contributed by atoms with E-state index in [1.165, 1.54) is 6.33 Å². The molecule has 1 unspecified atom stereocenters. The largest absolute Gasteiger partial charge is 0.358 e. The molecule has 1 atom stereocenters. The van der Waals surface area contributed by atoms with E-state index in [4.69, 9.17) is 0 Å². The van der Waals surface area contributed by atoms with Crippen molar-refractivity contribution >= 4 is 17.3 Å². The second-order valence-electron chi connectivity index (χ2n) is 7.76. The lowest BCUT2D eigenvalue weighted by atomic mass is 10.1. The Labute approximate surface area is 192 Å². The Kier molecular flexibility index (Phi) is 6.90. The molecule has 7 heteroatoms. The van der Waals surface area contributed by atoms with Crippen LogP contribution in [-0.4, -0.2) is 14.9 Å². The topological polar surface area (TPSA) is 84.2 Å². The standard InChI is InChI=1S/C26H25N5O2/c1-20(23-15-9-4-10-16-23)29-25-24(31(32)33)26(28-19-27-25)30(17-21-11-5-2-6-12-21)18-22-13-7-3-8-14-22/h2-16,19-20H,17-18H2,1H3,(H,27,28,29). The molecule has 0 saturated heterocycles. The number of nitrogens with one attached hydrogen (secondary N) is 1. The highest BCUT2D eigenvalue weighted by atomic mass is 16.6. The summed E-state index contributed by atoms with van der Waals surface area (Å²) in [5.41, 5.74) is 2.95. The van der Waals surface area contributed by atoms with Crippen molar-refractivity contribution < 1.29 is 4.92 Å². The van der Waals surface area contributed by atoms with Gasteiger partial charge in [-0.15, -0.1) is 0 Å². The van der Waals surface area contributed by atoms with Crippen LogP contribution in [0, 0.1) is 10.1 Å². The van der Waals surface area contributed by atoms with Gasteiger partial charge in [0.25, 0.3) is 0 Å². The van der Waals surface area contributed by atoms with Crippen molar-refractivity contribution in [2.45, 2.75) is 26.1 Å². The Morgan fingerprint density at radius 3 is 1.88 bits per heavy atom. The minimum absolute atomic E-state index is 0.132. The summed E-state index contributed by atoms with van der Waals surface area (Å²) in [5.74, 6) is 0.484. The minimum Gasteiger partial charge on any atom is -0.358 e. The molecular formula is C26H25N5O2. The number of hydrogen-bond acceptors (Lipinski definition) is 6. The maximum Gasteiger partial charge on any atom is 0.353 e. The molecule has 3 aromatic carbocycles. The predicted octanol–water partition coefficient (Wildman–Crippen LogP) is 5.76. The van der Waals surface area contributed by atoms with E-state index in [2.05, 4.69) is 15.3 Å². The first-order valence-corrected chi connectivity index (χ1v) is 10.8. The predicted molar refractivity (Wildman–Crippen MR) is 130 cm³/mol. The zero-order valence-electron chi connectivity index (χ0n) is 18.3. The molecule has 0 bridgehead atoms. The van der Waals surface area contributed by atoms with Crippen LogP contribution >= 0.6 is 0 Å². The molecule has 166 valence electrons. The van der Waals surface area contributed by atoms with Crippen molar-refractivity contribution in [1.82, 2.24) is 9.97 Å². The average molecular weight is 440 g/mol. The van der Waals surface area contributed by atoms with Crippen molar-refractivity contribution in [1.29, 1.82) is 0 Å². The van der Waals surface area contributed by atoms with Crippen LogP contribution in [0.25, 0.3) is 0 Å². The second kappa shape index (κ2) is 10.4. The van der Waals surface area contributed by atoms with Crippen molar-refractivity contribution in [3.63, 3.8) is 0 Å².